The van der Waals surface area contributed by atoms with E-state index in [1.165, 1.54) is 32.7 Å². The molecule has 17 heavy (non-hydrogen) atoms. The Hall–Kier alpha value is -1.82. The molecule has 1 aliphatic rings. The Bertz CT molecular complexity index is 751. The zero-order valence-electron chi connectivity index (χ0n) is 9.96. The van der Waals surface area contributed by atoms with Crippen LogP contribution in [-0.2, 0) is 12.8 Å². The maximum absolute atomic E-state index is 2.30. The fourth-order valence-electron chi connectivity index (χ4n) is 3.26. The fraction of sp³-hybridized carbons (Fsp3) is 0.176. The second kappa shape index (κ2) is 3.10. The first kappa shape index (κ1) is 9.23. The number of aryl methyl sites for hydroxylation is 1. The van der Waals surface area contributed by atoms with E-state index in [1.807, 2.05) is 0 Å². The minimum absolute atomic E-state index is 1.12. The summed E-state index contributed by atoms with van der Waals surface area (Å²) in [5, 5.41) is 5.80. The molecule has 1 aliphatic carbocycles. The van der Waals surface area contributed by atoms with E-state index in [4.69, 9.17) is 0 Å². The highest BCUT2D eigenvalue weighted by Crippen LogP contribution is 2.39. The summed E-state index contributed by atoms with van der Waals surface area (Å²) in [7, 11) is 0. The van der Waals surface area contributed by atoms with Gasteiger partial charge in [0.1, 0.15) is 0 Å². The average Bonchev–Trinajstić information content (AvgIpc) is 2.77. The van der Waals surface area contributed by atoms with Crippen molar-refractivity contribution in [2.75, 3.05) is 0 Å². The molecular formula is C17H14. The van der Waals surface area contributed by atoms with Crippen LogP contribution in [0.1, 0.15) is 23.6 Å². The topological polar surface area (TPSA) is 0 Å². The summed E-state index contributed by atoms with van der Waals surface area (Å²) in [6.07, 6.45) is 2.26. The van der Waals surface area contributed by atoms with Gasteiger partial charge in [0, 0.05) is 0 Å². The fourth-order valence-corrected chi connectivity index (χ4v) is 3.26. The minimum Gasteiger partial charge on any atom is -0.0613 e. The van der Waals surface area contributed by atoms with Gasteiger partial charge in [-0.25, -0.2) is 0 Å². The zero-order valence-corrected chi connectivity index (χ0v) is 9.96. The summed E-state index contributed by atoms with van der Waals surface area (Å²) >= 11 is 0. The van der Waals surface area contributed by atoms with Gasteiger partial charge in [-0.15, -0.1) is 0 Å². The van der Waals surface area contributed by atoms with Gasteiger partial charge < -0.3 is 0 Å². The van der Waals surface area contributed by atoms with Crippen LogP contribution in [0.5, 0.6) is 0 Å². The molecule has 0 aromatic heterocycles. The van der Waals surface area contributed by atoms with Crippen LogP contribution in [0, 0.1) is 0 Å². The van der Waals surface area contributed by atoms with Crippen molar-refractivity contribution in [2.45, 2.75) is 19.8 Å². The van der Waals surface area contributed by atoms with Crippen molar-refractivity contribution in [3.8, 4) is 0 Å². The van der Waals surface area contributed by atoms with Crippen LogP contribution < -0.4 is 0 Å². The van der Waals surface area contributed by atoms with Gasteiger partial charge in [0.25, 0.3) is 0 Å². The molecule has 0 atom stereocenters. The van der Waals surface area contributed by atoms with Gasteiger partial charge >= 0.3 is 0 Å². The molecule has 82 valence electrons. The summed E-state index contributed by atoms with van der Waals surface area (Å²) in [5.74, 6) is 0. The van der Waals surface area contributed by atoms with Gasteiger partial charge in [0.2, 0.25) is 0 Å². The van der Waals surface area contributed by atoms with Gasteiger partial charge in [-0.1, -0.05) is 49.4 Å². The van der Waals surface area contributed by atoms with E-state index in [2.05, 4.69) is 49.4 Å². The van der Waals surface area contributed by atoms with Crippen molar-refractivity contribution < 1.29 is 0 Å². The Labute approximate surface area is 101 Å². The summed E-state index contributed by atoms with van der Waals surface area (Å²) in [6, 6.07) is 15.8. The highest BCUT2D eigenvalue weighted by atomic mass is 14.2. The van der Waals surface area contributed by atoms with Crippen molar-refractivity contribution >= 4 is 21.5 Å². The van der Waals surface area contributed by atoms with Crippen molar-refractivity contribution in [2.24, 2.45) is 0 Å². The predicted molar refractivity (Wildman–Crippen MR) is 73.6 cm³/mol. The molecule has 0 radical (unpaired) electrons. The first-order valence-electron chi connectivity index (χ1n) is 6.33. The number of hydrogen-bond donors (Lipinski definition) is 0. The lowest BCUT2D eigenvalue weighted by Crippen LogP contribution is -1.89. The summed E-state index contributed by atoms with van der Waals surface area (Å²) < 4.78 is 0. The molecule has 0 spiro atoms. The minimum atomic E-state index is 1.12. The van der Waals surface area contributed by atoms with Crippen LogP contribution in [0.25, 0.3) is 21.5 Å². The third kappa shape index (κ3) is 1.08. The molecule has 0 N–H and O–H groups in total. The van der Waals surface area contributed by atoms with E-state index in [0.717, 1.165) is 12.8 Å². The third-order valence-electron chi connectivity index (χ3n) is 4.07. The number of benzene rings is 3. The normalized spacial score (nSPS) is 13.0. The third-order valence-corrected chi connectivity index (χ3v) is 4.07. The van der Waals surface area contributed by atoms with Gasteiger partial charge in [-0.05, 0) is 51.1 Å². The van der Waals surface area contributed by atoms with Crippen LogP contribution in [0.15, 0.2) is 42.5 Å². The first-order valence-corrected chi connectivity index (χ1v) is 6.33. The molecule has 0 heterocycles. The van der Waals surface area contributed by atoms with Gasteiger partial charge in [-0.2, -0.15) is 0 Å². The molecule has 0 aliphatic heterocycles. The lowest BCUT2D eigenvalue weighted by molar-refractivity contribution is 1.09. The van der Waals surface area contributed by atoms with Crippen LogP contribution in [0.2, 0.25) is 0 Å². The quantitative estimate of drug-likeness (QED) is 0.414. The van der Waals surface area contributed by atoms with E-state index in [0.29, 0.717) is 0 Å². The van der Waals surface area contributed by atoms with Crippen LogP contribution in [-0.4, -0.2) is 0 Å². The number of rotatable bonds is 1. The van der Waals surface area contributed by atoms with Crippen LogP contribution in [0.4, 0.5) is 0 Å². The molecular weight excluding hydrogens is 204 g/mol. The van der Waals surface area contributed by atoms with E-state index < -0.39 is 0 Å². The van der Waals surface area contributed by atoms with Gasteiger partial charge in [0.05, 0.1) is 0 Å². The number of hydrogen-bond acceptors (Lipinski definition) is 0. The molecule has 0 unspecified atom stereocenters. The second-order valence-electron chi connectivity index (χ2n) is 4.91. The van der Waals surface area contributed by atoms with E-state index in [1.54, 1.807) is 5.56 Å². The monoisotopic (exact) mass is 218 g/mol. The Morgan fingerprint density at radius 2 is 1.65 bits per heavy atom. The zero-order chi connectivity index (χ0) is 11.4. The molecule has 0 nitrogen and oxygen atoms in total. The largest absolute Gasteiger partial charge is 0.0613 e. The smallest absolute Gasteiger partial charge is 0.00103 e. The highest BCUT2D eigenvalue weighted by Gasteiger charge is 2.18. The average molecular weight is 218 g/mol. The Kier molecular flexibility index (Phi) is 1.69. The summed E-state index contributed by atoms with van der Waals surface area (Å²) in [6.45, 7) is 2.25. The molecule has 0 bridgehead atoms. The summed E-state index contributed by atoms with van der Waals surface area (Å²) in [5.41, 5.74) is 4.59. The Morgan fingerprint density at radius 1 is 0.882 bits per heavy atom. The highest BCUT2D eigenvalue weighted by molar-refractivity contribution is 6.13. The SMILES string of the molecule is CCc1ccc2ccc3cccc4c3c2c1C4. The first-order chi connectivity index (χ1) is 8.38. The van der Waals surface area contributed by atoms with Crippen LogP contribution in [0.3, 0.4) is 0 Å². The standard InChI is InChI=1S/C17H14/c1-2-11-6-7-13-9-8-12-4-3-5-14-10-15(11)17(13)16(12)14/h3-9H,2,10H2,1H3. The maximum atomic E-state index is 2.30. The van der Waals surface area contributed by atoms with Crippen molar-refractivity contribution in [3.63, 3.8) is 0 Å². The molecule has 4 rings (SSSR count). The predicted octanol–water partition coefficient (Wildman–Crippen LogP) is 4.46. The Morgan fingerprint density at radius 3 is 2.47 bits per heavy atom. The molecule has 0 fully saturated rings. The van der Waals surface area contributed by atoms with Crippen molar-refractivity contribution in [1.82, 2.24) is 0 Å². The maximum Gasteiger partial charge on any atom is -0.00103 e. The molecule has 3 aromatic carbocycles. The molecule has 3 aromatic rings. The summed E-state index contributed by atoms with van der Waals surface area (Å²) in [4.78, 5) is 0. The van der Waals surface area contributed by atoms with E-state index >= 15 is 0 Å². The molecule has 0 amide bonds. The van der Waals surface area contributed by atoms with E-state index in [-0.39, 0.29) is 0 Å². The lowest BCUT2D eigenvalue weighted by Gasteiger charge is -2.06. The van der Waals surface area contributed by atoms with Crippen molar-refractivity contribution in [1.29, 1.82) is 0 Å². The van der Waals surface area contributed by atoms with E-state index in [9.17, 15) is 0 Å². The lowest BCUT2D eigenvalue weighted by atomic mass is 9.98. The molecule has 0 heteroatoms. The second-order valence-corrected chi connectivity index (χ2v) is 4.91. The Balaban J connectivity index is 2.30. The molecule has 0 saturated carbocycles. The molecule has 0 saturated heterocycles. The van der Waals surface area contributed by atoms with Crippen molar-refractivity contribution in [3.05, 3.63) is 59.2 Å². The van der Waals surface area contributed by atoms with Crippen LogP contribution >= 0.6 is 0 Å². The van der Waals surface area contributed by atoms with Gasteiger partial charge in [0.15, 0.2) is 0 Å². The van der Waals surface area contributed by atoms with Gasteiger partial charge in [-0.3, -0.25) is 0 Å².